The van der Waals surface area contributed by atoms with Crippen molar-refractivity contribution < 1.29 is 9.63 Å². The van der Waals surface area contributed by atoms with E-state index >= 15 is 0 Å². The monoisotopic (exact) mass is 318 g/mol. The summed E-state index contributed by atoms with van der Waals surface area (Å²) in [6.45, 7) is 0. The smallest absolute Gasteiger partial charge is 0.298 e. The van der Waals surface area contributed by atoms with E-state index in [1.54, 1.807) is 12.1 Å². The summed E-state index contributed by atoms with van der Waals surface area (Å²) < 4.78 is 0.979. The molecule has 0 saturated carbocycles. The van der Waals surface area contributed by atoms with E-state index in [2.05, 4.69) is 31.2 Å². The molecule has 1 N–H and O–H groups in total. The van der Waals surface area contributed by atoms with Crippen molar-refractivity contribution in [2.24, 2.45) is 5.16 Å². The number of para-hydroxylation sites is 1. The van der Waals surface area contributed by atoms with Gasteiger partial charge in [0, 0.05) is 10.2 Å². The van der Waals surface area contributed by atoms with Gasteiger partial charge in [0.2, 0.25) is 0 Å². The minimum atomic E-state index is -0.625. The van der Waals surface area contributed by atoms with Gasteiger partial charge in [-0.1, -0.05) is 51.4 Å². The largest absolute Gasteiger partial charge is 0.437 e. The number of hydrogen-bond donors (Lipinski definition) is 1. The highest BCUT2D eigenvalue weighted by atomic mass is 79.9. The lowest BCUT2D eigenvalue weighted by Gasteiger charge is -2.01. The second kappa shape index (κ2) is 6.70. The zero-order chi connectivity index (χ0) is 13.5. The van der Waals surface area contributed by atoms with Crippen LogP contribution in [0.3, 0.4) is 0 Å². The van der Waals surface area contributed by atoms with E-state index in [0.29, 0.717) is 5.69 Å². The molecular weight excluding hydrogens is 308 g/mol. The Labute approximate surface area is 119 Å². The van der Waals surface area contributed by atoms with E-state index < -0.39 is 6.09 Å². The summed E-state index contributed by atoms with van der Waals surface area (Å²) in [5.74, 6) is 0. The second-order valence-corrected chi connectivity index (χ2v) is 4.57. The van der Waals surface area contributed by atoms with Crippen molar-refractivity contribution in [3.8, 4) is 0 Å². The maximum absolute atomic E-state index is 11.4. The van der Waals surface area contributed by atoms with Gasteiger partial charge in [0.15, 0.2) is 0 Å². The Hall–Kier alpha value is -2.14. The number of rotatable bonds is 3. The fourth-order valence-electron chi connectivity index (χ4n) is 1.35. The molecule has 0 fully saturated rings. The summed E-state index contributed by atoms with van der Waals surface area (Å²) in [5.41, 5.74) is 1.50. The summed E-state index contributed by atoms with van der Waals surface area (Å²) in [4.78, 5) is 16.1. The number of anilines is 1. The quantitative estimate of drug-likeness (QED) is 0.527. The molecule has 2 aromatic rings. The predicted molar refractivity (Wildman–Crippen MR) is 78.3 cm³/mol. The van der Waals surface area contributed by atoms with E-state index in [-0.39, 0.29) is 0 Å². The molecule has 4 nitrogen and oxygen atoms in total. The standard InChI is InChI=1S/C14H11BrN2O2/c15-12-8-6-11(7-9-12)10-16-19-14(18)17-13-4-2-1-3-5-13/h1-10H,(H,17,18)/b16-10-. The number of nitrogens with zero attached hydrogens (tertiary/aromatic N) is 1. The molecule has 0 aliphatic rings. The van der Waals surface area contributed by atoms with Crippen molar-refractivity contribution in [3.05, 3.63) is 64.6 Å². The third kappa shape index (κ3) is 4.56. The number of amides is 1. The normalized spacial score (nSPS) is 10.4. The molecule has 0 aromatic heterocycles. The summed E-state index contributed by atoms with van der Waals surface area (Å²) >= 11 is 3.33. The van der Waals surface area contributed by atoms with Crippen LogP contribution < -0.4 is 5.32 Å². The Bertz CT molecular complexity index is 568. The van der Waals surface area contributed by atoms with Crippen LogP contribution in [-0.4, -0.2) is 12.3 Å². The number of hydrogen-bond acceptors (Lipinski definition) is 3. The van der Waals surface area contributed by atoms with Gasteiger partial charge >= 0.3 is 6.09 Å². The molecule has 0 bridgehead atoms. The zero-order valence-electron chi connectivity index (χ0n) is 9.92. The van der Waals surface area contributed by atoms with Crippen molar-refractivity contribution in [1.29, 1.82) is 0 Å². The van der Waals surface area contributed by atoms with E-state index in [1.807, 2.05) is 42.5 Å². The van der Waals surface area contributed by atoms with Gasteiger partial charge in [-0.05, 0) is 29.8 Å². The van der Waals surface area contributed by atoms with Gasteiger partial charge in [0.1, 0.15) is 0 Å². The SMILES string of the molecule is O=C(Nc1ccccc1)O/N=C\c1ccc(Br)cc1. The lowest BCUT2D eigenvalue weighted by atomic mass is 10.2. The molecule has 0 aliphatic heterocycles. The van der Waals surface area contributed by atoms with E-state index in [4.69, 9.17) is 0 Å². The number of halogens is 1. The molecule has 0 heterocycles. The highest BCUT2D eigenvalue weighted by molar-refractivity contribution is 9.10. The first kappa shape index (κ1) is 13.3. The molecule has 0 atom stereocenters. The first-order valence-corrected chi connectivity index (χ1v) is 6.35. The van der Waals surface area contributed by atoms with Crippen LogP contribution in [0.2, 0.25) is 0 Å². The Morgan fingerprint density at radius 2 is 1.79 bits per heavy atom. The zero-order valence-corrected chi connectivity index (χ0v) is 11.5. The maximum atomic E-state index is 11.4. The Morgan fingerprint density at radius 1 is 1.11 bits per heavy atom. The number of benzene rings is 2. The fraction of sp³-hybridized carbons (Fsp3) is 0. The van der Waals surface area contributed by atoms with Crippen molar-refractivity contribution >= 4 is 33.9 Å². The Morgan fingerprint density at radius 3 is 2.47 bits per heavy atom. The molecule has 0 spiro atoms. The molecule has 2 aromatic carbocycles. The van der Waals surface area contributed by atoms with Crippen LogP contribution >= 0.6 is 15.9 Å². The molecule has 1 amide bonds. The van der Waals surface area contributed by atoms with Gasteiger partial charge in [0.05, 0.1) is 6.21 Å². The molecule has 0 aliphatic carbocycles. The molecule has 0 unspecified atom stereocenters. The van der Waals surface area contributed by atoms with Gasteiger partial charge in [-0.2, -0.15) is 0 Å². The van der Waals surface area contributed by atoms with Crippen molar-refractivity contribution in [2.75, 3.05) is 5.32 Å². The van der Waals surface area contributed by atoms with E-state index in [0.717, 1.165) is 10.0 Å². The van der Waals surface area contributed by atoms with E-state index in [9.17, 15) is 4.79 Å². The first-order valence-electron chi connectivity index (χ1n) is 5.56. The molecule has 19 heavy (non-hydrogen) atoms. The van der Waals surface area contributed by atoms with Gasteiger partial charge in [-0.3, -0.25) is 10.2 Å². The molecular formula is C14H11BrN2O2. The van der Waals surface area contributed by atoms with Crippen molar-refractivity contribution in [3.63, 3.8) is 0 Å². The molecule has 0 radical (unpaired) electrons. The van der Waals surface area contributed by atoms with Gasteiger partial charge < -0.3 is 0 Å². The summed E-state index contributed by atoms with van der Waals surface area (Å²) in [7, 11) is 0. The van der Waals surface area contributed by atoms with Crippen molar-refractivity contribution in [1.82, 2.24) is 0 Å². The number of nitrogens with one attached hydrogen (secondary N) is 1. The summed E-state index contributed by atoms with van der Waals surface area (Å²) in [5, 5.41) is 6.17. The summed E-state index contributed by atoms with van der Waals surface area (Å²) in [6.07, 6.45) is 0.844. The third-order valence-electron chi connectivity index (χ3n) is 2.23. The minimum absolute atomic E-state index is 0.625. The van der Waals surface area contributed by atoms with E-state index in [1.165, 1.54) is 6.21 Å². The van der Waals surface area contributed by atoms with Crippen LogP contribution in [0.4, 0.5) is 10.5 Å². The minimum Gasteiger partial charge on any atom is -0.298 e. The van der Waals surface area contributed by atoms with Crippen LogP contribution in [0.25, 0.3) is 0 Å². The van der Waals surface area contributed by atoms with Crippen LogP contribution in [0.15, 0.2) is 64.2 Å². The highest BCUT2D eigenvalue weighted by Crippen LogP contribution is 2.09. The first-order chi connectivity index (χ1) is 9.24. The average Bonchev–Trinajstić information content (AvgIpc) is 2.42. The lowest BCUT2D eigenvalue weighted by molar-refractivity contribution is 0.167. The number of carbonyl (C=O) groups excluding carboxylic acids is 1. The molecule has 0 saturated heterocycles. The van der Waals surface area contributed by atoms with Crippen LogP contribution in [0, 0.1) is 0 Å². The molecule has 2 rings (SSSR count). The van der Waals surface area contributed by atoms with Gasteiger partial charge in [-0.15, -0.1) is 0 Å². The maximum Gasteiger partial charge on any atom is 0.437 e. The number of oxime groups is 1. The predicted octanol–water partition coefficient (Wildman–Crippen LogP) is 4.03. The highest BCUT2D eigenvalue weighted by Gasteiger charge is 2.00. The second-order valence-electron chi connectivity index (χ2n) is 3.66. The molecule has 96 valence electrons. The Balaban J connectivity index is 1.85. The lowest BCUT2D eigenvalue weighted by Crippen LogP contribution is -2.10. The average molecular weight is 319 g/mol. The molecule has 5 heteroatoms. The Kier molecular flexibility index (Phi) is 4.69. The number of carbonyl (C=O) groups is 1. The summed E-state index contributed by atoms with van der Waals surface area (Å²) in [6, 6.07) is 16.5. The van der Waals surface area contributed by atoms with Crippen LogP contribution in [0.5, 0.6) is 0 Å². The van der Waals surface area contributed by atoms with Crippen molar-refractivity contribution in [2.45, 2.75) is 0 Å². The van der Waals surface area contributed by atoms with Gasteiger partial charge in [-0.25, -0.2) is 4.79 Å². The fourth-order valence-corrected chi connectivity index (χ4v) is 1.61. The van der Waals surface area contributed by atoms with Gasteiger partial charge in [0.25, 0.3) is 0 Å². The topological polar surface area (TPSA) is 50.7 Å². The van der Waals surface area contributed by atoms with Crippen LogP contribution in [0.1, 0.15) is 5.56 Å². The third-order valence-corrected chi connectivity index (χ3v) is 2.76. The van der Waals surface area contributed by atoms with Crippen LogP contribution in [-0.2, 0) is 4.84 Å².